The summed E-state index contributed by atoms with van der Waals surface area (Å²) in [7, 11) is 1.21. The molecule has 8 nitrogen and oxygen atoms in total. The number of nitro groups is 1. The number of carbonyl (C=O) groups is 1. The third-order valence-corrected chi connectivity index (χ3v) is 2.94. The summed E-state index contributed by atoms with van der Waals surface area (Å²) in [5.74, 6) is -1.69. The zero-order valence-electron chi connectivity index (χ0n) is 11.6. The molecule has 0 spiro atoms. The van der Waals surface area contributed by atoms with E-state index in [4.69, 9.17) is 9.94 Å². The van der Waals surface area contributed by atoms with Crippen molar-refractivity contribution in [2.75, 3.05) is 13.7 Å². The Morgan fingerprint density at radius 1 is 1.43 bits per heavy atom. The number of allylic oxidation sites excluding steroid dienone is 1. The predicted molar refractivity (Wildman–Crippen MR) is 69.3 cm³/mol. The minimum absolute atomic E-state index is 0.138. The van der Waals surface area contributed by atoms with E-state index in [-0.39, 0.29) is 12.4 Å². The third kappa shape index (κ3) is 3.44. The van der Waals surface area contributed by atoms with Crippen LogP contribution in [0.15, 0.2) is 30.1 Å². The summed E-state index contributed by atoms with van der Waals surface area (Å²) in [6.45, 7) is -0.242. The normalized spacial score (nSPS) is 14.7. The Kier molecular flexibility index (Phi) is 4.04. The fourth-order valence-corrected chi connectivity index (χ4v) is 1.94. The van der Waals surface area contributed by atoms with Gasteiger partial charge in [-0.1, -0.05) is 0 Å². The van der Waals surface area contributed by atoms with Crippen molar-refractivity contribution in [2.24, 2.45) is 0 Å². The summed E-state index contributed by atoms with van der Waals surface area (Å²) in [5.41, 5.74) is -2.20. The van der Waals surface area contributed by atoms with Crippen LogP contribution in [0.3, 0.4) is 0 Å². The maximum Gasteiger partial charge on any atom is 0.432 e. The Bertz CT molecular complexity index is 689. The van der Waals surface area contributed by atoms with Crippen LogP contribution < -0.4 is 4.84 Å². The van der Waals surface area contributed by atoms with Gasteiger partial charge in [-0.2, -0.15) is 18.2 Å². The van der Waals surface area contributed by atoms with Crippen LogP contribution in [0.25, 0.3) is 0 Å². The largest absolute Gasteiger partial charge is 0.477 e. The van der Waals surface area contributed by atoms with Crippen molar-refractivity contribution in [3.63, 3.8) is 0 Å². The Morgan fingerprint density at radius 2 is 2.09 bits per heavy atom. The van der Waals surface area contributed by atoms with E-state index in [0.717, 1.165) is 28.2 Å². The van der Waals surface area contributed by atoms with Gasteiger partial charge in [0.15, 0.2) is 5.75 Å². The summed E-state index contributed by atoms with van der Waals surface area (Å²) in [6, 6.07) is 2.89. The van der Waals surface area contributed by atoms with Crippen LogP contribution in [0.4, 0.5) is 18.9 Å². The van der Waals surface area contributed by atoms with Crippen LogP contribution in [0.1, 0.15) is 10.4 Å². The number of benzene rings is 1. The van der Waals surface area contributed by atoms with Gasteiger partial charge in [0.2, 0.25) is 0 Å². The molecule has 11 heteroatoms. The molecule has 0 amide bonds. The van der Waals surface area contributed by atoms with Crippen molar-refractivity contribution in [1.29, 1.82) is 0 Å². The van der Waals surface area contributed by atoms with Gasteiger partial charge >= 0.3 is 12.1 Å². The van der Waals surface area contributed by atoms with Gasteiger partial charge in [-0.15, -0.1) is 0 Å². The molecule has 1 N–H and O–H groups in total. The van der Waals surface area contributed by atoms with E-state index in [1.54, 1.807) is 0 Å². The molecule has 0 fully saturated rings. The minimum atomic E-state index is -4.56. The van der Waals surface area contributed by atoms with E-state index in [1.807, 2.05) is 0 Å². The summed E-state index contributed by atoms with van der Waals surface area (Å²) >= 11 is 0. The monoisotopic (exact) mass is 333 g/mol. The van der Waals surface area contributed by atoms with Crippen molar-refractivity contribution in [3.05, 3.63) is 45.8 Å². The smallest absolute Gasteiger partial charge is 0.432 e. The van der Waals surface area contributed by atoms with Gasteiger partial charge in [-0.05, 0) is 6.07 Å². The van der Waals surface area contributed by atoms with Crippen LogP contribution in [-0.2, 0) is 0 Å². The SMILES string of the molecule is CN1CN(Oc2ccc([N+](=O)[O-])c(C(=O)O)c2)C=C1C(F)(F)F. The number of nitro benzene ring substituents is 1. The molecule has 1 aliphatic heterocycles. The fourth-order valence-electron chi connectivity index (χ4n) is 1.94. The van der Waals surface area contributed by atoms with Crippen LogP contribution in [0.2, 0.25) is 0 Å². The minimum Gasteiger partial charge on any atom is -0.477 e. The first-order valence-corrected chi connectivity index (χ1v) is 6.06. The highest BCUT2D eigenvalue weighted by molar-refractivity contribution is 5.92. The number of nitrogens with zero attached hydrogens (tertiary/aromatic N) is 3. The molecule has 0 unspecified atom stereocenters. The second-order valence-electron chi connectivity index (χ2n) is 4.60. The molecule has 0 radical (unpaired) electrons. The standard InChI is InChI=1S/C12H10F3N3O5/c1-16-6-17(5-10(16)12(13,14)15)23-7-2-3-9(18(21)22)8(4-7)11(19)20/h2-5H,6H2,1H3,(H,19,20). The molecule has 0 saturated heterocycles. The van der Waals surface area contributed by atoms with E-state index in [2.05, 4.69) is 0 Å². The molecule has 124 valence electrons. The molecule has 0 aromatic heterocycles. The number of hydrogen-bond acceptors (Lipinski definition) is 6. The lowest BCUT2D eigenvalue weighted by Crippen LogP contribution is -2.29. The molecule has 23 heavy (non-hydrogen) atoms. The van der Waals surface area contributed by atoms with Crippen LogP contribution in [0.5, 0.6) is 5.75 Å². The van der Waals surface area contributed by atoms with E-state index >= 15 is 0 Å². The van der Waals surface area contributed by atoms with Gasteiger partial charge in [0, 0.05) is 19.2 Å². The molecule has 1 heterocycles. The zero-order chi connectivity index (χ0) is 17.4. The highest BCUT2D eigenvalue weighted by Gasteiger charge is 2.40. The number of hydroxylamine groups is 2. The topological polar surface area (TPSA) is 96.1 Å². The summed E-state index contributed by atoms with van der Waals surface area (Å²) in [6.07, 6.45) is -3.85. The summed E-state index contributed by atoms with van der Waals surface area (Å²) in [5, 5.41) is 20.5. The first kappa shape index (κ1) is 16.4. The lowest BCUT2D eigenvalue weighted by Gasteiger charge is -2.20. The molecule has 1 aliphatic rings. The van der Waals surface area contributed by atoms with Gasteiger partial charge in [-0.3, -0.25) is 10.1 Å². The van der Waals surface area contributed by atoms with Gasteiger partial charge in [0.05, 0.1) is 11.1 Å². The molecule has 0 aliphatic carbocycles. The van der Waals surface area contributed by atoms with E-state index in [9.17, 15) is 28.1 Å². The second kappa shape index (κ2) is 5.66. The lowest BCUT2D eigenvalue weighted by molar-refractivity contribution is -0.385. The summed E-state index contributed by atoms with van der Waals surface area (Å²) in [4.78, 5) is 26.9. The van der Waals surface area contributed by atoms with Crippen molar-refractivity contribution < 1.29 is 32.8 Å². The highest BCUT2D eigenvalue weighted by atomic mass is 19.4. The highest BCUT2D eigenvalue weighted by Crippen LogP contribution is 2.32. The Balaban J connectivity index is 2.25. The first-order chi connectivity index (χ1) is 10.6. The van der Waals surface area contributed by atoms with Crippen molar-refractivity contribution in [1.82, 2.24) is 9.96 Å². The number of alkyl halides is 3. The first-order valence-electron chi connectivity index (χ1n) is 6.06. The van der Waals surface area contributed by atoms with Gasteiger partial charge in [-0.25, -0.2) is 4.79 Å². The number of carboxylic acid groups (broad SMARTS) is 1. The quantitative estimate of drug-likeness (QED) is 0.666. The van der Waals surface area contributed by atoms with Gasteiger partial charge in [0.1, 0.15) is 17.9 Å². The van der Waals surface area contributed by atoms with Gasteiger partial charge in [0.25, 0.3) is 5.69 Å². The Morgan fingerprint density at radius 3 is 2.57 bits per heavy atom. The van der Waals surface area contributed by atoms with Crippen molar-refractivity contribution in [3.8, 4) is 5.75 Å². The Labute approximate surface area is 127 Å². The molecule has 0 bridgehead atoms. The van der Waals surface area contributed by atoms with E-state index in [1.165, 1.54) is 7.05 Å². The predicted octanol–water partition coefficient (Wildman–Crippen LogP) is 2.20. The van der Waals surface area contributed by atoms with Crippen molar-refractivity contribution in [2.45, 2.75) is 6.18 Å². The van der Waals surface area contributed by atoms with E-state index < -0.39 is 34.0 Å². The average Bonchev–Trinajstić information content (AvgIpc) is 2.79. The maximum absolute atomic E-state index is 12.7. The molecule has 1 aromatic carbocycles. The zero-order valence-corrected chi connectivity index (χ0v) is 11.6. The molecule has 2 rings (SSSR count). The summed E-state index contributed by atoms with van der Waals surface area (Å²) < 4.78 is 38.1. The van der Waals surface area contributed by atoms with E-state index in [0.29, 0.717) is 6.20 Å². The molecule has 0 saturated carbocycles. The molecule has 0 atom stereocenters. The Hall–Kier alpha value is -2.98. The average molecular weight is 333 g/mol. The second-order valence-corrected chi connectivity index (χ2v) is 4.60. The number of aromatic carboxylic acids is 1. The van der Waals surface area contributed by atoms with Crippen molar-refractivity contribution >= 4 is 11.7 Å². The fraction of sp³-hybridized carbons (Fsp3) is 0.250. The molecular formula is C12H10F3N3O5. The third-order valence-electron chi connectivity index (χ3n) is 2.94. The lowest BCUT2D eigenvalue weighted by atomic mass is 10.2. The number of hydrogen-bond donors (Lipinski definition) is 1. The molecule has 1 aromatic rings. The number of halogens is 3. The maximum atomic E-state index is 12.7. The van der Waals surface area contributed by atoms with Gasteiger partial charge < -0.3 is 14.8 Å². The molecular weight excluding hydrogens is 323 g/mol. The van der Waals surface area contributed by atoms with Crippen LogP contribution in [-0.4, -0.2) is 45.9 Å². The number of carboxylic acids is 1. The van der Waals surface area contributed by atoms with Crippen LogP contribution >= 0.6 is 0 Å². The van der Waals surface area contributed by atoms with Crippen LogP contribution in [0, 0.1) is 10.1 Å². The number of rotatable bonds is 4.